The van der Waals surface area contributed by atoms with Gasteiger partial charge in [-0.3, -0.25) is 4.79 Å². The van der Waals surface area contributed by atoms with Crippen LogP contribution in [0.15, 0.2) is 0 Å². The van der Waals surface area contributed by atoms with E-state index in [4.69, 9.17) is 16.2 Å². The average Bonchev–Trinajstić information content (AvgIpc) is 2.10. The summed E-state index contributed by atoms with van der Waals surface area (Å²) < 4.78 is 0. The Balaban J connectivity index is 3.44. The summed E-state index contributed by atoms with van der Waals surface area (Å²) in [5, 5.41) is 18.4. The Morgan fingerprint density at radius 2 is 2.43 bits per heavy atom. The van der Waals surface area contributed by atoms with Crippen molar-refractivity contribution in [2.24, 2.45) is 5.73 Å². The zero-order valence-electron chi connectivity index (χ0n) is 8.25. The molecule has 6 heteroatoms. The molecule has 5 N–H and O–H groups in total. The summed E-state index contributed by atoms with van der Waals surface area (Å²) >= 11 is 1.50. The fourth-order valence-corrected chi connectivity index (χ4v) is 1.65. The quantitative estimate of drug-likeness (QED) is 0.333. The smallest absolute Gasteiger partial charge is 0.324 e. The van der Waals surface area contributed by atoms with Gasteiger partial charge in [0.15, 0.2) is 0 Å². The second-order valence-electron chi connectivity index (χ2n) is 3.18. The first-order chi connectivity index (χ1) is 6.50. The molecule has 1 atom stereocenters. The standard InChI is InChI=1S/C8H17N3O2S/c1-8(10,7(12)13)6-14-5-4-11-3-2-9/h2,9,11H,3-6,10H2,1H3,(H,12,13). The number of carboxylic acids is 1. The molecule has 14 heavy (non-hydrogen) atoms. The van der Waals surface area contributed by atoms with E-state index >= 15 is 0 Å². The Labute approximate surface area is 87.9 Å². The molecule has 0 saturated carbocycles. The third kappa shape index (κ3) is 5.95. The summed E-state index contributed by atoms with van der Waals surface area (Å²) in [5.41, 5.74) is 4.38. The molecule has 0 aliphatic rings. The molecule has 0 aliphatic heterocycles. The van der Waals surface area contributed by atoms with Crippen molar-refractivity contribution >= 4 is 23.9 Å². The number of rotatable bonds is 8. The van der Waals surface area contributed by atoms with Gasteiger partial charge in [0.1, 0.15) is 5.54 Å². The predicted molar refractivity (Wildman–Crippen MR) is 59.2 cm³/mol. The summed E-state index contributed by atoms with van der Waals surface area (Å²) in [4.78, 5) is 10.6. The maximum Gasteiger partial charge on any atom is 0.324 e. The van der Waals surface area contributed by atoms with Crippen LogP contribution in [0.1, 0.15) is 6.92 Å². The monoisotopic (exact) mass is 219 g/mol. The first-order valence-electron chi connectivity index (χ1n) is 4.30. The third-order valence-electron chi connectivity index (χ3n) is 1.56. The SMILES string of the molecule is CC(N)(CSCCNCC=N)C(=O)O. The minimum Gasteiger partial charge on any atom is -0.480 e. The summed E-state index contributed by atoms with van der Waals surface area (Å²) in [6.07, 6.45) is 1.29. The van der Waals surface area contributed by atoms with Crippen molar-refractivity contribution in [3.8, 4) is 0 Å². The lowest BCUT2D eigenvalue weighted by atomic mass is 10.1. The predicted octanol–water partition coefficient (Wildman–Crippen LogP) is -0.239. The molecule has 0 heterocycles. The highest BCUT2D eigenvalue weighted by atomic mass is 32.2. The molecule has 0 bridgehead atoms. The van der Waals surface area contributed by atoms with Gasteiger partial charge < -0.3 is 21.6 Å². The number of nitrogens with two attached hydrogens (primary N) is 1. The number of aliphatic carboxylic acids is 1. The van der Waals surface area contributed by atoms with E-state index in [1.165, 1.54) is 24.9 Å². The van der Waals surface area contributed by atoms with Crippen LogP contribution in [0.4, 0.5) is 0 Å². The molecule has 0 spiro atoms. The molecule has 0 amide bonds. The van der Waals surface area contributed by atoms with E-state index in [-0.39, 0.29) is 0 Å². The highest BCUT2D eigenvalue weighted by Crippen LogP contribution is 2.09. The van der Waals surface area contributed by atoms with E-state index in [0.29, 0.717) is 12.3 Å². The molecule has 0 rings (SSSR count). The van der Waals surface area contributed by atoms with Gasteiger partial charge in [0, 0.05) is 30.8 Å². The van der Waals surface area contributed by atoms with Crippen LogP contribution < -0.4 is 11.1 Å². The number of carboxylic acid groups (broad SMARTS) is 1. The van der Waals surface area contributed by atoms with Crippen LogP contribution in [0.2, 0.25) is 0 Å². The first kappa shape index (κ1) is 13.4. The van der Waals surface area contributed by atoms with Gasteiger partial charge in [-0.1, -0.05) is 0 Å². The van der Waals surface area contributed by atoms with Gasteiger partial charge in [0.2, 0.25) is 0 Å². The van der Waals surface area contributed by atoms with Gasteiger partial charge in [-0.15, -0.1) is 0 Å². The van der Waals surface area contributed by atoms with Crippen molar-refractivity contribution < 1.29 is 9.90 Å². The van der Waals surface area contributed by atoms with Crippen LogP contribution >= 0.6 is 11.8 Å². The molecule has 5 nitrogen and oxygen atoms in total. The lowest BCUT2D eigenvalue weighted by Crippen LogP contribution is -2.47. The molecular formula is C8H17N3O2S. The number of nitrogens with one attached hydrogen (secondary N) is 2. The van der Waals surface area contributed by atoms with E-state index in [2.05, 4.69) is 5.32 Å². The minimum absolute atomic E-state index is 0.397. The Kier molecular flexibility index (Phi) is 6.52. The third-order valence-corrected chi connectivity index (χ3v) is 2.86. The fraction of sp³-hybridized carbons (Fsp3) is 0.750. The van der Waals surface area contributed by atoms with E-state index in [1.807, 2.05) is 0 Å². The lowest BCUT2D eigenvalue weighted by molar-refractivity contribution is -0.141. The molecule has 0 aromatic rings. The van der Waals surface area contributed by atoms with Crippen molar-refractivity contribution in [1.29, 1.82) is 5.41 Å². The van der Waals surface area contributed by atoms with Crippen molar-refractivity contribution in [2.45, 2.75) is 12.5 Å². The molecule has 1 unspecified atom stereocenters. The maximum absolute atomic E-state index is 10.6. The van der Waals surface area contributed by atoms with Crippen LogP contribution in [0.3, 0.4) is 0 Å². The van der Waals surface area contributed by atoms with E-state index in [0.717, 1.165) is 12.3 Å². The van der Waals surface area contributed by atoms with Gasteiger partial charge in [-0.25, -0.2) is 0 Å². The summed E-state index contributed by atoms with van der Waals surface area (Å²) in [7, 11) is 0. The van der Waals surface area contributed by atoms with Crippen molar-refractivity contribution in [3.63, 3.8) is 0 Å². The molecule has 0 radical (unpaired) electrons. The number of thioether (sulfide) groups is 1. The van der Waals surface area contributed by atoms with Gasteiger partial charge in [0.25, 0.3) is 0 Å². The van der Waals surface area contributed by atoms with Crippen LogP contribution in [0, 0.1) is 5.41 Å². The Morgan fingerprint density at radius 3 is 2.93 bits per heavy atom. The van der Waals surface area contributed by atoms with E-state index in [1.54, 1.807) is 0 Å². The number of hydrogen-bond donors (Lipinski definition) is 4. The van der Waals surface area contributed by atoms with Crippen molar-refractivity contribution in [1.82, 2.24) is 5.32 Å². The van der Waals surface area contributed by atoms with Gasteiger partial charge in [-0.05, 0) is 6.92 Å². The van der Waals surface area contributed by atoms with Gasteiger partial charge in [0.05, 0.1) is 0 Å². The fourth-order valence-electron chi connectivity index (χ4n) is 0.664. The summed E-state index contributed by atoms with van der Waals surface area (Å²) in [6, 6.07) is 0. The van der Waals surface area contributed by atoms with Gasteiger partial charge >= 0.3 is 5.97 Å². The topological polar surface area (TPSA) is 99.2 Å². The number of hydrogen-bond acceptors (Lipinski definition) is 5. The minimum atomic E-state index is -1.15. The maximum atomic E-state index is 10.6. The summed E-state index contributed by atoms with van der Waals surface area (Å²) in [5.74, 6) is 0.222. The van der Waals surface area contributed by atoms with Crippen LogP contribution in [0.25, 0.3) is 0 Å². The molecular weight excluding hydrogens is 202 g/mol. The molecule has 0 fully saturated rings. The average molecular weight is 219 g/mol. The Morgan fingerprint density at radius 1 is 1.79 bits per heavy atom. The van der Waals surface area contributed by atoms with Gasteiger partial charge in [-0.2, -0.15) is 11.8 Å². The molecule has 82 valence electrons. The van der Waals surface area contributed by atoms with E-state index in [9.17, 15) is 4.79 Å². The van der Waals surface area contributed by atoms with Crippen LogP contribution in [-0.2, 0) is 4.79 Å². The molecule has 0 aromatic carbocycles. The number of carbonyl (C=O) groups is 1. The van der Waals surface area contributed by atoms with Crippen molar-refractivity contribution in [2.75, 3.05) is 24.6 Å². The highest BCUT2D eigenvalue weighted by Gasteiger charge is 2.27. The zero-order valence-corrected chi connectivity index (χ0v) is 9.06. The Bertz CT molecular complexity index is 197. The first-order valence-corrected chi connectivity index (χ1v) is 5.46. The molecule has 0 aromatic heterocycles. The lowest BCUT2D eigenvalue weighted by Gasteiger charge is -2.18. The second kappa shape index (κ2) is 6.80. The molecule has 0 saturated heterocycles. The van der Waals surface area contributed by atoms with Crippen LogP contribution in [-0.4, -0.2) is 47.4 Å². The second-order valence-corrected chi connectivity index (χ2v) is 4.29. The largest absolute Gasteiger partial charge is 0.480 e. The summed E-state index contributed by atoms with van der Waals surface area (Å²) in [6.45, 7) is 2.82. The zero-order chi connectivity index (χ0) is 11.0. The van der Waals surface area contributed by atoms with E-state index < -0.39 is 11.5 Å². The van der Waals surface area contributed by atoms with Crippen LogP contribution in [0.5, 0.6) is 0 Å². The van der Waals surface area contributed by atoms with Crippen molar-refractivity contribution in [3.05, 3.63) is 0 Å². The Hall–Kier alpha value is -0.590. The normalized spacial score (nSPS) is 14.7. The molecule has 0 aliphatic carbocycles. The highest BCUT2D eigenvalue weighted by molar-refractivity contribution is 7.99.